The number of aromatic nitrogens is 5. The quantitative estimate of drug-likeness (QED) is 0.216. The molecule has 8 rings (SSSR count). The Bertz CT molecular complexity index is 1890. The number of H-pyrrole nitrogens is 1. The Labute approximate surface area is 279 Å². The number of benzene rings is 1. The number of likely N-dealkylation sites (tertiary alicyclic amines) is 2. The molecule has 3 aliphatic heterocycles. The molecule has 1 aliphatic carbocycles. The number of aromatic amines is 1. The lowest BCUT2D eigenvalue weighted by atomic mass is 9.50. The third-order valence-corrected chi connectivity index (χ3v) is 11.6. The van der Waals surface area contributed by atoms with Crippen LogP contribution in [0.1, 0.15) is 82.2 Å². The molecule has 4 aliphatic rings. The number of piperidine rings is 1. The molecule has 252 valence electrons. The van der Waals surface area contributed by atoms with E-state index >= 15 is 0 Å². The molecule has 0 bridgehead atoms. The fourth-order valence-electron chi connectivity index (χ4n) is 9.58. The van der Waals surface area contributed by atoms with Gasteiger partial charge in [0.25, 0.3) is 0 Å². The smallest absolute Gasteiger partial charge is 0.407 e. The van der Waals surface area contributed by atoms with Gasteiger partial charge in [-0.2, -0.15) is 4.98 Å². The monoisotopic (exact) mass is 652 g/mol. The van der Waals surface area contributed by atoms with Crippen molar-refractivity contribution in [1.29, 1.82) is 0 Å². The lowest BCUT2D eigenvalue weighted by molar-refractivity contribution is -0.180. The van der Waals surface area contributed by atoms with Crippen molar-refractivity contribution in [2.75, 3.05) is 31.1 Å². The number of carboxylic acid groups (broad SMARTS) is 1. The number of anilines is 1. The first-order valence-corrected chi connectivity index (χ1v) is 17.2. The van der Waals surface area contributed by atoms with Gasteiger partial charge in [0.05, 0.1) is 11.7 Å². The normalized spacial score (nSPS) is 26.4. The number of carbonyl (C=O) groups is 1. The van der Waals surface area contributed by atoms with Crippen molar-refractivity contribution in [1.82, 2.24) is 34.9 Å². The maximum absolute atomic E-state index is 11.8. The van der Waals surface area contributed by atoms with Crippen molar-refractivity contribution in [3.8, 4) is 22.9 Å². The van der Waals surface area contributed by atoms with Crippen LogP contribution < -0.4 is 4.90 Å². The molecule has 3 aromatic heterocycles. The van der Waals surface area contributed by atoms with E-state index in [0.717, 1.165) is 67.4 Å². The van der Waals surface area contributed by atoms with E-state index in [1.54, 1.807) is 17.0 Å². The third kappa shape index (κ3) is 4.86. The van der Waals surface area contributed by atoms with Gasteiger partial charge in [0.15, 0.2) is 5.65 Å². The second-order valence-electron chi connectivity index (χ2n) is 15.5. The lowest BCUT2D eigenvalue weighted by Crippen LogP contribution is -2.76. The topological polar surface area (TPSA) is 155 Å². The summed E-state index contributed by atoms with van der Waals surface area (Å²) in [4.78, 5) is 31.0. The first kappa shape index (κ1) is 30.9. The number of hydrogen-bond acceptors (Lipinski definition) is 9. The minimum Gasteiger partial charge on any atom is -0.507 e. The number of amides is 1. The average molecular weight is 653 g/mol. The Morgan fingerprint density at radius 1 is 1.06 bits per heavy atom. The van der Waals surface area contributed by atoms with Gasteiger partial charge < -0.3 is 35.0 Å². The Morgan fingerprint density at radius 3 is 2.50 bits per heavy atom. The number of nitrogens with zero attached hydrogens (tertiary/aromatic N) is 7. The van der Waals surface area contributed by atoms with Crippen LogP contribution in [0.3, 0.4) is 0 Å². The number of aromatic hydroxyl groups is 2. The first-order chi connectivity index (χ1) is 22.9. The van der Waals surface area contributed by atoms with Gasteiger partial charge in [0, 0.05) is 71.0 Å². The first-order valence-electron chi connectivity index (χ1n) is 17.2. The van der Waals surface area contributed by atoms with Crippen LogP contribution in [0.2, 0.25) is 0 Å². The number of rotatable bonds is 4. The van der Waals surface area contributed by atoms with E-state index < -0.39 is 6.09 Å². The highest BCUT2D eigenvalue weighted by Gasteiger charge is 2.64. The van der Waals surface area contributed by atoms with Gasteiger partial charge >= 0.3 is 6.09 Å². The van der Waals surface area contributed by atoms with Crippen LogP contribution in [0.5, 0.6) is 11.6 Å². The molecule has 0 unspecified atom stereocenters. The van der Waals surface area contributed by atoms with Crippen LogP contribution >= 0.6 is 0 Å². The van der Waals surface area contributed by atoms with Gasteiger partial charge in [0.1, 0.15) is 5.75 Å². The standard InChI is InChI=1S/C36H44N8O4/c1-20-29-24-15-27(23-7-5-6-8-28(23)45)40-41-30(24)38-26(29)11-14-43(20)33-37-18-25(31(46)39-33)21-9-12-42(13-10-21)22-16-36(17-22)19-44(34(47)48)32(36)35(2,3)4/h5-8,15,18,20-22,32,45H,9-14,16-17,19H2,1-4H3,(H,38,41)(H,47,48)(H,37,39,46)/t20-,22?,32-,36?/m1/s1. The minimum atomic E-state index is -0.801. The highest BCUT2D eigenvalue weighted by molar-refractivity contribution is 5.86. The molecule has 1 saturated carbocycles. The van der Waals surface area contributed by atoms with E-state index in [1.165, 1.54) is 0 Å². The number of phenols is 1. The van der Waals surface area contributed by atoms with E-state index in [-0.39, 0.29) is 40.5 Å². The molecule has 4 N–H and O–H groups in total. The number of fused-ring (bicyclic) bond motifs is 3. The summed E-state index contributed by atoms with van der Waals surface area (Å²) in [5, 5.41) is 41.1. The second-order valence-corrected chi connectivity index (χ2v) is 15.5. The molecule has 1 spiro atoms. The summed E-state index contributed by atoms with van der Waals surface area (Å²) in [7, 11) is 0. The van der Waals surface area contributed by atoms with E-state index in [9.17, 15) is 20.1 Å². The number of para-hydroxylation sites is 1. The summed E-state index contributed by atoms with van der Waals surface area (Å²) in [6, 6.07) is 9.60. The van der Waals surface area contributed by atoms with Gasteiger partial charge in [-0.3, -0.25) is 0 Å². The molecule has 1 aromatic carbocycles. The lowest BCUT2D eigenvalue weighted by Gasteiger charge is -2.68. The fraction of sp³-hybridized carbons (Fsp3) is 0.528. The molecule has 1 amide bonds. The van der Waals surface area contributed by atoms with Crippen LogP contribution in [0.15, 0.2) is 36.5 Å². The Morgan fingerprint density at radius 2 is 1.81 bits per heavy atom. The number of nitrogens with one attached hydrogen (secondary N) is 1. The van der Waals surface area contributed by atoms with Gasteiger partial charge in [0.2, 0.25) is 11.8 Å². The molecular weight excluding hydrogens is 608 g/mol. The predicted octanol–water partition coefficient (Wildman–Crippen LogP) is 5.69. The van der Waals surface area contributed by atoms with Crippen LogP contribution in [-0.2, 0) is 6.42 Å². The van der Waals surface area contributed by atoms with Crippen molar-refractivity contribution >= 4 is 23.1 Å². The number of phenolic OH excluding ortho intramolecular Hbond substituents is 1. The summed E-state index contributed by atoms with van der Waals surface area (Å²) in [6.07, 6.45) is 5.75. The molecular formula is C36H44N8O4. The van der Waals surface area contributed by atoms with Crippen molar-refractivity contribution in [2.45, 2.75) is 83.8 Å². The van der Waals surface area contributed by atoms with Crippen LogP contribution in [0, 0.1) is 10.8 Å². The SMILES string of the molecule is C[C@@H]1c2c([nH]c3nnc(-c4ccccc4O)cc23)CCN1c1ncc(C2CCN(C3CC4(C3)CN(C(=O)O)[C@@H]4C(C)(C)C)CC2)c(O)n1. The molecule has 0 radical (unpaired) electrons. The molecule has 6 heterocycles. The fourth-order valence-corrected chi connectivity index (χ4v) is 9.58. The second kappa shape index (κ2) is 11.0. The molecule has 12 heteroatoms. The minimum absolute atomic E-state index is 0.0573. The summed E-state index contributed by atoms with van der Waals surface area (Å²) < 4.78 is 0. The Kier molecular flexibility index (Phi) is 7.10. The van der Waals surface area contributed by atoms with Crippen molar-refractivity contribution in [2.24, 2.45) is 10.8 Å². The van der Waals surface area contributed by atoms with Gasteiger partial charge in [-0.05, 0) is 75.2 Å². The van der Waals surface area contributed by atoms with E-state index in [1.807, 2.05) is 24.4 Å². The van der Waals surface area contributed by atoms with E-state index in [2.05, 4.69) is 57.7 Å². The van der Waals surface area contributed by atoms with Crippen molar-refractivity contribution in [3.63, 3.8) is 0 Å². The maximum atomic E-state index is 11.8. The summed E-state index contributed by atoms with van der Waals surface area (Å²) in [5.41, 5.74) is 5.00. The summed E-state index contributed by atoms with van der Waals surface area (Å²) >= 11 is 0. The Hall–Kier alpha value is -4.45. The van der Waals surface area contributed by atoms with Crippen LogP contribution in [0.25, 0.3) is 22.3 Å². The van der Waals surface area contributed by atoms with Crippen molar-refractivity contribution in [3.05, 3.63) is 53.3 Å². The van der Waals surface area contributed by atoms with Crippen LogP contribution in [-0.4, -0.2) is 94.6 Å². The molecule has 3 fully saturated rings. The zero-order chi connectivity index (χ0) is 33.5. The largest absolute Gasteiger partial charge is 0.507 e. The van der Waals surface area contributed by atoms with E-state index in [4.69, 9.17) is 4.98 Å². The van der Waals surface area contributed by atoms with Gasteiger partial charge in [-0.15, -0.1) is 10.2 Å². The molecule has 48 heavy (non-hydrogen) atoms. The van der Waals surface area contributed by atoms with E-state index in [0.29, 0.717) is 42.0 Å². The highest BCUT2D eigenvalue weighted by atomic mass is 16.4. The zero-order valence-corrected chi connectivity index (χ0v) is 28.0. The Balaban J connectivity index is 0.939. The van der Waals surface area contributed by atoms with Gasteiger partial charge in [-0.1, -0.05) is 32.9 Å². The summed E-state index contributed by atoms with van der Waals surface area (Å²) in [5.74, 6) is 0.923. The van der Waals surface area contributed by atoms with Crippen LogP contribution in [0.4, 0.5) is 10.7 Å². The van der Waals surface area contributed by atoms with Gasteiger partial charge in [-0.25, -0.2) is 9.78 Å². The molecule has 12 nitrogen and oxygen atoms in total. The molecule has 2 saturated heterocycles. The highest BCUT2D eigenvalue weighted by Crippen LogP contribution is 2.59. The average Bonchev–Trinajstić information content (AvgIpc) is 3.38. The third-order valence-electron chi connectivity index (χ3n) is 11.6. The molecule has 2 atom stereocenters. The molecule has 4 aromatic rings. The summed E-state index contributed by atoms with van der Waals surface area (Å²) in [6.45, 7) is 11.8. The maximum Gasteiger partial charge on any atom is 0.407 e. The predicted molar refractivity (Wildman–Crippen MR) is 181 cm³/mol. The van der Waals surface area contributed by atoms with Crippen molar-refractivity contribution < 1.29 is 20.1 Å². The number of hydrogen-bond donors (Lipinski definition) is 4. The zero-order valence-electron chi connectivity index (χ0n) is 28.0.